The van der Waals surface area contributed by atoms with E-state index in [0.717, 1.165) is 11.1 Å². The Morgan fingerprint density at radius 1 is 0.960 bits per heavy atom. The van der Waals surface area contributed by atoms with Gasteiger partial charge in [0.05, 0.1) is 0 Å². The van der Waals surface area contributed by atoms with Crippen molar-refractivity contribution in [3.8, 4) is 34.4 Å². The van der Waals surface area contributed by atoms with Crippen LogP contribution in [0.5, 0.6) is 0 Å². The summed E-state index contributed by atoms with van der Waals surface area (Å²) in [4.78, 5) is 14.3. The molecule has 3 N–H and O–H groups in total. The summed E-state index contributed by atoms with van der Waals surface area (Å²) in [5.41, 5.74) is 7.32. The largest absolute Gasteiger partial charge is 0.384 e. The molecule has 5 nitrogen and oxygen atoms in total. The van der Waals surface area contributed by atoms with Gasteiger partial charge < -0.3 is 10.7 Å². The molecular weight excluding hydrogens is 336 g/mol. The van der Waals surface area contributed by atoms with E-state index in [9.17, 15) is 15.3 Å². The van der Waals surface area contributed by atoms with Crippen LogP contribution in [0.15, 0.2) is 53.3 Å². The van der Waals surface area contributed by atoms with E-state index in [2.05, 4.69) is 4.98 Å². The highest BCUT2D eigenvalue weighted by molar-refractivity contribution is 6.33. The van der Waals surface area contributed by atoms with Crippen LogP contribution in [-0.4, -0.2) is 4.98 Å². The van der Waals surface area contributed by atoms with Crippen molar-refractivity contribution in [2.45, 2.75) is 0 Å². The third kappa shape index (κ3) is 2.85. The predicted octanol–water partition coefficient (Wildman–Crippen LogP) is 3.69. The molecule has 2 aromatic carbocycles. The van der Waals surface area contributed by atoms with E-state index in [0.29, 0.717) is 10.6 Å². The summed E-state index contributed by atoms with van der Waals surface area (Å²) in [5, 5.41) is 19.0. The molecule has 1 heterocycles. The lowest BCUT2D eigenvalue weighted by Crippen LogP contribution is -2.16. The van der Waals surface area contributed by atoms with Gasteiger partial charge in [-0.05, 0) is 17.2 Å². The van der Waals surface area contributed by atoms with Crippen LogP contribution in [-0.2, 0) is 0 Å². The number of halogens is 1. The van der Waals surface area contributed by atoms with Gasteiger partial charge in [-0.3, -0.25) is 4.79 Å². The first-order valence-electron chi connectivity index (χ1n) is 7.28. The van der Waals surface area contributed by atoms with Crippen molar-refractivity contribution in [3.05, 3.63) is 75.0 Å². The number of anilines is 1. The summed E-state index contributed by atoms with van der Waals surface area (Å²) >= 11 is 6.40. The van der Waals surface area contributed by atoms with Gasteiger partial charge in [0.15, 0.2) is 0 Å². The maximum atomic E-state index is 12.0. The average Bonchev–Trinajstić information content (AvgIpc) is 2.62. The smallest absolute Gasteiger partial charge is 0.268 e. The number of nitriles is 2. The second-order valence-electron chi connectivity index (χ2n) is 5.28. The minimum atomic E-state index is -0.655. The number of rotatable bonds is 2. The normalized spacial score (nSPS) is 10.0. The van der Waals surface area contributed by atoms with Crippen LogP contribution in [0.1, 0.15) is 11.1 Å². The molecule has 0 amide bonds. The van der Waals surface area contributed by atoms with Gasteiger partial charge >= 0.3 is 0 Å². The number of hydrogen-bond acceptors (Lipinski definition) is 4. The predicted molar refractivity (Wildman–Crippen MR) is 96.8 cm³/mol. The number of nitrogens with two attached hydrogens (primary N) is 1. The summed E-state index contributed by atoms with van der Waals surface area (Å²) in [6.07, 6.45) is 0. The van der Waals surface area contributed by atoms with Crippen molar-refractivity contribution in [1.82, 2.24) is 4.98 Å². The van der Waals surface area contributed by atoms with E-state index in [1.54, 1.807) is 12.1 Å². The molecule has 0 radical (unpaired) electrons. The Kier molecular flexibility index (Phi) is 4.26. The summed E-state index contributed by atoms with van der Waals surface area (Å²) in [7, 11) is 0. The molecule has 0 unspecified atom stereocenters. The fraction of sp³-hybridized carbons (Fsp3) is 0. The van der Waals surface area contributed by atoms with Crippen LogP contribution in [0.25, 0.3) is 22.3 Å². The molecule has 0 aliphatic rings. The Morgan fingerprint density at radius 2 is 1.64 bits per heavy atom. The maximum Gasteiger partial charge on any atom is 0.268 e. The molecule has 0 saturated heterocycles. The molecule has 0 saturated carbocycles. The number of aromatic amines is 1. The zero-order valence-electron chi connectivity index (χ0n) is 12.9. The molecule has 0 spiro atoms. The number of nitrogens with one attached hydrogen (secondary N) is 1. The molecule has 120 valence electrons. The number of aromatic nitrogens is 1. The topological polar surface area (TPSA) is 106 Å². The van der Waals surface area contributed by atoms with Crippen molar-refractivity contribution in [1.29, 1.82) is 10.5 Å². The van der Waals surface area contributed by atoms with Crippen LogP contribution in [0.4, 0.5) is 5.82 Å². The van der Waals surface area contributed by atoms with Gasteiger partial charge in [-0.2, -0.15) is 10.5 Å². The number of benzene rings is 2. The first-order chi connectivity index (χ1) is 12.1. The molecule has 0 aliphatic heterocycles. The van der Waals surface area contributed by atoms with Crippen LogP contribution < -0.4 is 11.3 Å². The number of pyridine rings is 1. The number of nitrogen functional groups attached to an aromatic ring is 1. The van der Waals surface area contributed by atoms with Crippen LogP contribution in [0.3, 0.4) is 0 Å². The van der Waals surface area contributed by atoms with E-state index in [1.807, 2.05) is 48.5 Å². The van der Waals surface area contributed by atoms with Crippen molar-refractivity contribution < 1.29 is 0 Å². The molecule has 25 heavy (non-hydrogen) atoms. The first kappa shape index (κ1) is 16.3. The molecule has 0 fully saturated rings. The van der Waals surface area contributed by atoms with Gasteiger partial charge in [0.25, 0.3) is 5.56 Å². The summed E-state index contributed by atoms with van der Waals surface area (Å²) < 4.78 is 0. The lowest BCUT2D eigenvalue weighted by Gasteiger charge is -2.12. The van der Waals surface area contributed by atoms with Crippen molar-refractivity contribution in [3.63, 3.8) is 0 Å². The summed E-state index contributed by atoms with van der Waals surface area (Å²) in [5.74, 6) is -0.0929. The Balaban J connectivity index is 2.27. The number of nitrogens with zero attached hydrogens (tertiary/aromatic N) is 2. The van der Waals surface area contributed by atoms with Crippen molar-refractivity contribution >= 4 is 17.4 Å². The van der Waals surface area contributed by atoms with Gasteiger partial charge in [-0.15, -0.1) is 0 Å². The lowest BCUT2D eigenvalue weighted by atomic mass is 9.94. The van der Waals surface area contributed by atoms with Gasteiger partial charge in [0.1, 0.15) is 29.1 Å². The highest BCUT2D eigenvalue weighted by Crippen LogP contribution is 2.36. The summed E-state index contributed by atoms with van der Waals surface area (Å²) in [6, 6.07) is 18.6. The van der Waals surface area contributed by atoms with E-state index in [1.165, 1.54) is 0 Å². The van der Waals surface area contributed by atoms with Crippen molar-refractivity contribution in [2.24, 2.45) is 0 Å². The van der Waals surface area contributed by atoms with Gasteiger partial charge in [-0.1, -0.05) is 54.1 Å². The molecule has 3 rings (SSSR count). The zero-order chi connectivity index (χ0) is 18.0. The highest BCUT2D eigenvalue weighted by Gasteiger charge is 2.20. The van der Waals surface area contributed by atoms with E-state index >= 15 is 0 Å². The van der Waals surface area contributed by atoms with E-state index in [-0.39, 0.29) is 22.5 Å². The first-order valence-corrected chi connectivity index (χ1v) is 7.66. The molecule has 0 bridgehead atoms. The molecule has 0 aliphatic carbocycles. The van der Waals surface area contributed by atoms with Crippen LogP contribution in [0.2, 0.25) is 5.02 Å². The second kappa shape index (κ2) is 6.52. The fourth-order valence-corrected chi connectivity index (χ4v) is 2.92. The third-order valence-electron chi connectivity index (χ3n) is 3.81. The molecule has 1 aromatic heterocycles. The molecule has 6 heteroatoms. The zero-order valence-corrected chi connectivity index (χ0v) is 13.6. The third-order valence-corrected chi connectivity index (χ3v) is 4.13. The lowest BCUT2D eigenvalue weighted by molar-refractivity contribution is 1.21. The van der Waals surface area contributed by atoms with Gasteiger partial charge in [0, 0.05) is 16.1 Å². The average molecular weight is 347 g/mol. The fourth-order valence-electron chi connectivity index (χ4n) is 2.64. The minimum absolute atomic E-state index is 0.0190. The number of hydrogen-bond donors (Lipinski definition) is 2. The highest BCUT2D eigenvalue weighted by atomic mass is 35.5. The minimum Gasteiger partial charge on any atom is -0.384 e. The monoisotopic (exact) mass is 346 g/mol. The molecular formula is C19H11ClN4O. The Labute approximate surface area is 148 Å². The SMILES string of the molecule is N#Cc1c(N)[nH]c(=O)c(C#N)c1-c1ccc(-c2ccccc2)cc1Cl. The van der Waals surface area contributed by atoms with Gasteiger partial charge in [-0.25, -0.2) is 0 Å². The standard InChI is InChI=1S/C19H11ClN4O/c20-16-8-12(11-4-2-1-3-5-11)6-7-13(16)17-14(9-21)18(23)24-19(25)15(17)10-22/h1-8H,(H3,23,24,25). The Hall–Kier alpha value is -3.54. The van der Waals surface area contributed by atoms with Crippen molar-refractivity contribution in [2.75, 3.05) is 5.73 Å². The Morgan fingerprint density at radius 3 is 2.24 bits per heavy atom. The molecule has 0 atom stereocenters. The summed E-state index contributed by atoms with van der Waals surface area (Å²) in [6.45, 7) is 0. The maximum absolute atomic E-state index is 12.0. The van der Waals surface area contributed by atoms with E-state index < -0.39 is 5.56 Å². The van der Waals surface area contributed by atoms with E-state index in [4.69, 9.17) is 17.3 Å². The molecule has 3 aromatic rings. The second-order valence-corrected chi connectivity index (χ2v) is 5.68. The number of H-pyrrole nitrogens is 1. The Bertz CT molecular complexity index is 1110. The van der Waals surface area contributed by atoms with Crippen LogP contribution in [0, 0.1) is 22.7 Å². The quantitative estimate of drug-likeness (QED) is 0.737. The van der Waals surface area contributed by atoms with Gasteiger partial charge in [0.2, 0.25) is 0 Å². The van der Waals surface area contributed by atoms with Crippen LogP contribution >= 0.6 is 11.6 Å².